The number of rotatable bonds is 4. The Morgan fingerprint density at radius 2 is 2.19 bits per heavy atom. The molecule has 84 valence electrons. The normalized spacial score (nSPS) is 10.6. The van der Waals surface area contributed by atoms with Crippen LogP contribution in [0.25, 0.3) is 0 Å². The second-order valence-electron chi connectivity index (χ2n) is 3.45. The molecular weight excluding hydrogens is 270 g/mol. The second-order valence-corrected chi connectivity index (χ2v) is 4.36. The first-order valence-electron chi connectivity index (χ1n) is 4.98. The molecule has 0 amide bonds. The molecule has 0 saturated heterocycles. The lowest BCUT2D eigenvalue weighted by molar-refractivity contribution is 0.446. The van der Waals surface area contributed by atoms with Crippen LogP contribution in [0.15, 0.2) is 33.2 Å². The molecule has 1 N–H and O–H groups in total. The van der Waals surface area contributed by atoms with E-state index in [1.165, 1.54) is 5.56 Å². The summed E-state index contributed by atoms with van der Waals surface area (Å²) in [7, 11) is 0. The van der Waals surface area contributed by atoms with E-state index in [9.17, 15) is 0 Å². The molecule has 1 aromatic heterocycles. The van der Waals surface area contributed by atoms with Gasteiger partial charge in [-0.3, -0.25) is 0 Å². The van der Waals surface area contributed by atoms with Crippen molar-refractivity contribution in [3.8, 4) is 0 Å². The number of nitrogens with zero attached hydrogens (tertiary/aromatic N) is 2. The molecule has 5 heteroatoms. The van der Waals surface area contributed by atoms with E-state index < -0.39 is 0 Å². The minimum Gasteiger partial charge on any atom is -0.424 e. The van der Waals surface area contributed by atoms with E-state index >= 15 is 0 Å². The van der Waals surface area contributed by atoms with Crippen LogP contribution in [0.4, 0.5) is 0 Å². The predicted octanol–water partition coefficient (Wildman–Crippen LogP) is 2.43. The van der Waals surface area contributed by atoms with Gasteiger partial charge in [0.1, 0.15) is 0 Å². The van der Waals surface area contributed by atoms with Crippen LogP contribution in [0.1, 0.15) is 17.3 Å². The predicted molar refractivity (Wildman–Crippen MR) is 63.7 cm³/mol. The molecule has 0 aliphatic rings. The summed E-state index contributed by atoms with van der Waals surface area (Å²) < 4.78 is 6.33. The van der Waals surface area contributed by atoms with Gasteiger partial charge < -0.3 is 9.73 Å². The van der Waals surface area contributed by atoms with Crippen LogP contribution in [0.3, 0.4) is 0 Å². The van der Waals surface area contributed by atoms with Crippen molar-refractivity contribution in [2.45, 2.75) is 20.0 Å². The maximum atomic E-state index is 5.25. The summed E-state index contributed by atoms with van der Waals surface area (Å²) >= 11 is 3.43. The zero-order valence-electron chi connectivity index (χ0n) is 8.90. The molecule has 0 saturated carbocycles. The van der Waals surface area contributed by atoms with Crippen LogP contribution >= 0.6 is 15.9 Å². The van der Waals surface area contributed by atoms with Gasteiger partial charge in [-0.2, -0.15) is 0 Å². The summed E-state index contributed by atoms with van der Waals surface area (Å²) in [5.41, 5.74) is 1.21. The molecule has 0 aliphatic heterocycles. The zero-order chi connectivity index (χ0) is 11.4. The number of hydrogen-bond donors (Lipinski definition) is 1. The van der Waals surface area contributed by atoms with E-state index in [4.69, 9.17) is 4.42 Å². The standard InChI is InChI=1S/C11H12BrN3O/c1-8-14-15-11(16-8)7-13-6-9-3-2-4-10(12)5-9/h2-5,13H,6-7H2,1H3. The van der Waals surface area contributed by atoms with Gasteiger partial charge in [0.25, 0.3) is 0 Å². The lowest BCUT2D eigenvalue weighted by Gasteiger charge is -2.02. The fourth-order valence-corrected chi connectivity index (χ4v) is 1.82. The molecule has 0 aliphatic carbocycles. The Bertz CT molecular complexity index is 470. The van der Waals surface area contributed by atoms with Crippen molar-refractivity contribution in [3.63, 3.8) is 0 Å². The Morgan fingerprint density at radius 1 is 1.31 bits per heavy atom. The van der Waals surface area contributed by atoms with Crippen LogP contribution in [-0.4, -0.2) is 10.2 Å². The number of halogens is 1. The van der Waals surface area contributed by atoms with Gasteiger partial charge >= 0.3 is 0 Å². The van der Waals surface area contributed by atoms with Gasteiger partial charge in [-0.1, -0.05) is 28.1 Å². The maximum absolute atomic E-state index is 5.25. The fourth-order valence-electron chi connectivity index (χ4n) is 1.37. The second kappa shape index (κ2) is 5.23. The van der Waals surface area contributed by atoms with E-state index in [2.05, 4.69) is 43.6 Å². The van der Waals surface area contributed by atoms with Crippen molar-refractivity contribution < 1.29 is 4.42 Å². The zero-order valence-corrected chi connectivity index (χ0v) is 10.5. The first-order chi connectivity index (χ1) is 7.74. The molecule has 4 nitrogen and oxygen atoms in total. The highest BCUT2D eigenvalue weighted by molar-refractivity contribution is 9.10. The van der Waals surface area contributed by atoms with Crippen LogP contribution in [-0.2, 0) is 13.1 Å². The largest absolute Gasteiger partial charge is 0.424 e. The van der Waals surface area contributed by atoms with E-state index in [0.717, 1.165) is 11.0 Å². The number of hydrogen-bond acceptors (Lipinski definition) is 4. The third-order valence-electron chi connectivity index (χ3n) is 2.06. The average molecular weight is 282 g/mol. The molecule has 0 unspecified atom stereocenters. The van der Waals surface area contributed by atoms with E-state index in [0.29, 0.717) is 18.3 Å². The van der Waals surface area contributed by atoms with Gasteiger partial charge in [-0.05, 0) is 17.7 Å². The Kier molecular flexibility index (Phi) is 3.69. The molecule has 0 fully saturated rings. The van der Waals surface area contributed by atoms with Gasteiger partial charge in [0, 0.05) is 17.9 Å². The van der Waals surface area contributed by atoms with Crippen LogP contribution in [0.5, 0.6) is 0 Å². The molecule has 0 bridgehead atoms. The van der Waals surface area contributed by atoms with Crippen molar-refractivity contribution in [1.82, 2.24) is 15.5 Å². The summed E-state index contributed by atoms with van der Waals surface area (Å²) in [4.78, 5) is 0. The van der Waals surface area contributed by atoms with Gasteiger partial charge in [0.05, 0.1) is 6.54 Å². The number of aryl methyl sites for hydroxylation is 1. The highest BCUT2D eigenvalue weighted by Gasteiger charge is 2.01. The van der Waals surface area contributed by atoms with E-state index in [-0.39, 0.29) is 0 Å². The van der Waals surface area contributed by atoms with Crippen molar-refractivity contribution in [1.29, 1.82) is 0 Å². The maximum Gasteiger partial charge on any atom is 0.230 e. The number of benzene rings is 1. The highest BCUT2D eigenvalue weighted by atomic mass is 79.9. The summed E-state index contributed by atoms with van der Waals surface area (Å²) in [6.07, 6.45) is 0. The summed E-state index contributed by atoms with van der Waals surface area (Å²) in [6, 6.07) is 8.16. The minimum absolute atomic E-state index is 0.591. The SMILES string of the molecule is Cc1nnc(CNCc2cccc(Br)c2)o1. The van der Waals surface area contributed by atoms with E-state index in [1.54, 1.807) is 6.92 Å². The molecule has 0 radical (unpaired) electrons. The van der Waals surface area contributed by atoms with Gasteiger partial charge in [-0.15, -0.1) is 10.2 Å². The van der Waals surface area contributed by atoms with Gasteiger partial charge in [0.2, 0.25) is 11.8 Å². The summed E-state index contributed by atoms with van der Waals surface area (Å²) in [5, 5.41) is 10.9. The molecule has 2 rings (SSSR count). The first kappa shape index (κ1) is 11.3. The number of nitrogens with one attached hydrogen (secondary N) is 1. The Hall–Kier alpha value is -1.20. The highest BCUT2D eigenvalue weighted by Crippen LogP contribution is 2.11. The molecule has 0 spiro atoms. The topological polar surface area (TPSA) is 51.0 Å². The Labute approximate surface area is 102 Å². The first-order valence-corrected chi connectivity index (χ1v) is 5.77. The lowest BCUT2D eigenvalue weighted by atomic mass is 10.2. The molecular formula is C11H12BrN3O. The monoisotopic (exact) mass is 281 g/mol. The third-order valence-corrected chi connectivity index (χ3v) is 2.56. The van der Waals surface area contributed by atoms with Crippen LogP contribution < -0.4 is 5.32 Å². The van der Waals surface area contributed by atoms with Crippen molar-refractivity contribution in [2.24, 2.45) is 0 Å². The Morgan fingerprint density at radius 3 is 2.88 bits per heavy atom. The van der Waals surface area contributed by atoms with Gasteiger partial charge in [0.15, 0.2) is 0 Å². The molecule has 16 heavy (non-hydrogen) atoms. The fraction of sp³-hybridized carbons (Fsp3) is 0.273. The smallest absolute Gasteiger partial charge is 0.230 e. The van der Waals surface area contributed by atoms with Gasteiger partial charge in [-0.25, -0.2) is 0 Å². The molecule has 1 aromatic carbocycles. The Balaban J connectivity index is 1.84. The summed E-state index contributed by atoms with van der Waals surface area (Å²) in [5.74, 6) is 1.21. The van der Waals surface area contributed by atoms with Crippen LogP contribution in [0, 0.1) is 6.92 Å². The minimum atomic E-state index is 0.591. The molecule has 0 atom stereocenters. The third kappa shape index (κ3) is 3.15. The van der Waals surface area contributed by atoms with E-state index in [1.807, 2.05) is 12.1 Å². The van der Waals surface area contributed by atoms with Crippen molar-refractivity contribution in [3.05, 3.63) is 46.1 Å². The lowest BCUT2D eigenvalue weighted by Crippen LogP contribution is -2.12. The van der Waals surface area contributed by atoms with Crippen LogP contribution in [0.2, 0.25) is 0 Å². The number of aromatic nitrogens is 2. The van der Waals surface area contributed by atoms with Crippen molar-refractivity contribution in [2.75, 3.05) is 0 Å². The molecule has 1 heterocycles. The summed E-state index contributed by atoms with van der Waals surface area (Å²) in [6.45, 7) is 3.15. The molecule has 2 aromatic rings. The quantitative estimate of drug-likeness (QED) is 0.935. The van der Waals surface area contributed by atoms with Crippen molar-refractivity contribution >= 4 is 15.9 Å². The average Bonchev–Trinajstić information content (AvgIpc) is 2.64.